The number of aromatic nitrogens is 2. The summed E-state index contributed by atoms with van der Waals surface area (Å²) in [5.74, 6) is 2.25. The van der Waals surface area contributed by atoms with Crippen LogP contribution in [0, 0.1) is 11.8 Å². The van der Waals surface area contributed by atoms with Gasteiger partial charge in [0.1, 0.15) is 5.82 Å². The standard InChI is InChI=1S/C17H20N4OS/c22-17(7-12-3-6-23-11-12)21-9-13-1-2-15(14(13)10-21)20-16-8-18-4-5-19-16/h3-6,8,11,13-15H,1-2,7,9-10H2,(H,19,20)/t13-,14+,15-/m1/s1. The predicted octanol–water partition coefficient (Wildman–Crippen LogP) is 2.43. The Morgan fingerprint density at radius 3 is 3.09 bits per heavy atom. The Morgan fingerprint density at radius 1 is 1.35 bits per heavy atom. The zero-order valence-corrected chi connectivity index (χ0v) is 13.7. The second-order valence-electron chi connectivity index (χ2n) is 6.45. The van der Waals surface area contributed by atoms with Crippen LogP contribution in [0.25, 0.3) is 0 Å². The molecule has 6 heteroatoms. The van der Waals surface area contributed by atoms with Crippen molar-refractivity contribution in [2.45, 2.75) is 25.3 Å². The normalized spacial score (nSPS) is 26.3. The zero-order chi connectivity index (χ0) is 15.6. The van der Waals surface area contributed by atoms with Gasteiger partial charge in [-0.1, -0.05) is 0 Å². The lowest BCUT2D eigenvalue weighted by atomic mass is 9.98. The fourth-order valence-corrected chi connectivity index (χ4v) is 4.56. The van der Waals surface area contributed by atoms with Crippen molar-refractivity contribution >= 4 is 23.1 Å². The van der Waals surface area contributed by atoms with Gasteiger partial charge in [0.05, 0.1) is 12.6 Å². The van der Waals surface area contributed by atoms with E-state index in [0.29, 0.717) is 24.3 Å². The van der Waals surface area contributed by atoms with Gasteiger partial charge in [0.15, 0.2) is 0 Å². The fraction of sp³-hybridized carbons (Fsp3) is 0.471. The van der Waals surface area contributed by atoms with E-state index in [9.17, 15) is 4.79 Å². The van der Waals surface area contributed by atoms with Crippen LogP contribution in [0.3, 0.4) is 0 Å². The minimum atomic E-state index is 0.260. The van der Waals surface area contributed by atoms with Gasteiger partial charge in [-0.2, -0.15) is 11.3 Å². The predicted molar refractivity (Wildman–Crippen MR) is 90.3 cm³/mol. The van der Waals surface area contributed by atoms with Crippen LogP contribution in [0.5, 0.6) is 0 Å². The van der Waals surface area contributed by atoms with Crippen LogP contribution in [0.4, 0.5) is 5.82 Å². The third-order valence-corrected chi connectivity index (χ3v) is 5.77. The number of amides is 1. The van der Waals surface area contributed by atoms with E-state index in [4.69, 9.17) is 0 Å². The van der Waals surface area contributed by atoms with Gasteiger partial charge in [-0.3, -0.25) is 9.78 Å². The first-order valence-electron chi connectivity index (χ1n) is 8.11. The van der Waals surface area contributed by atoms with Crippen LogP contribution < -0.4 is 5.32 Å². The van der Waals surface area contributed by atoms with Gasteiger partial charge in [-0.15, -0.1) is 0 Å². The summed E-state index contributed by atoms with van der Waals surface area (Å²) in [5, 5.41) is 7.60. The number of anilines is 1. The van der Waals surface area contributed by atoms with E-state index < -0.39 is 0 Å². The molecular weight excluding hydrogens is 308 g/mol. The Labute approximate surface area is 139 Å². The summed E-state index contributed by atoms with van der Waals surface area (Å²) in [6.45, 7) is 1.78. The molecule has 0 aromatic carbocycles. The number of nitrogens with zero attached hydrogens (tertiary/aromatic N) is 3. The van der Waals surface area contributed by atoms with E-state index in [2.05, 4.69) is 25.6 Å². The summed E-state index contributed by atoms with van der Waals surface area (Å²) in [5.41, 5.74) is 1.13. The molecule has 1 saturated heterocycles. The third kappa shape index (κ3) is 3.08. The highest BCUT2D eigenvalue weighted by molar-refractivity contribution is 7.07. The van der Waals surface area contributed by atoms with Gasteiger partial charge in [0.2, 0.25) is 5.91 Å². The molecule has 1 saturated carbocycles. The molecule has 4 rings (SSSR count). The minimum absolute atomic E-state index is 0.260. The molecule has 120 valence electrons. The first-order chi connectivity index (χ1) is 11.3. The lowest BCUT2D eigenvalue weighted by Crippen LogP contribution is -2.34. The summed E-state index contributed by atoms with van der Waals surface area (Å²) in [6.07, 6.45) is 8.03. The maximum atomic E-state index is 12.5. The molecule has 0 spiro atoms. The first-order valence-corrected chi connectivity index (χ1v) is 9.05. The molecule has 23 heavy (non-hydrogen) atoms. The monoisotopic (exact) mass is 328 g/mol. The average Bonchev–Trinajstić information content (AvgIpc) is 3.27. The molecule has 3 heterocycles. The van der Waals surface area contributed by atoms with Crippen molar-refractivity contribution in [3.8, 4) is 0 Å². The number of hydrogen-bond donors (Lipinski definition) is 1. The fourth-order valence-electron chi connectivity index (χ4n) is 3.89. The van der Waals surface area contributed by atoms with Gasteiger partial charge in [0.25, 0.3) is 0 Å². The molecule has 1 N–H and O–H groups in total. The Kier molecular flexibility index (Phi) is 3.99. The number of carbonyl (C=O) groups is 1. The van der Waals surface area contributed by atoms with E-state index in [1.54, 1.807) is 29.9 Å². The number of fused-ring (bicyclic) bond motifs is 1. The topological polar surface area (TPSA) is 58.1 Å². The summed E-state index contributed by atoms with van der Waals surface area (Å²) in [7, 11) is 0. The van der Waals surface area contributed by atoms with Crippen LogP contribution in [0.2, 0.25) is 0 Å². The third-order valence-electron chi connectivity index (χ3n) is 5.04. The van der Waals surface area contributed by atoms with Gasteiger partial charge >= 0.3 is 0 Å². The van der Waals surface area contributed by atoms with Gasteiger partial charge in [-0.05, 0) is 41.1 Å². The number of thiophene rings is 1. The SMILES string of the molecule is O=C(Cc1ccsc1)N1C[C@H]2CC[C@@H](Nc3cnccn3)[C@H]2C1. The van der Waals surface area contributed by atoms with Crippen molar-refractivity contribution in [2.24, 2.45) is 11.8 Å². The second kappa shape index (κ2) is 6.28. The second-order valence-corrected chi connectivity index (χ2v) is 7.23. The molecule has 2 aliphatic rings. The first kappa shape index (κ1) is 14.6. The smallest absolute Gasteiger partial charge is 0.227 e. The number of carbonyl (C=O) groups excluding carboxylic acids is 1. The Morgan fingerprint density at radius 2 is 2.30 bits per heavy atom. The van der Waals surface area contributed by atoms with Gasteiger partial charge in [0, 0.05) is 37.4 Å². The van der Waals surface area contributed by atoms with Crippen LogP contribution in [-0.2, 0) is 11.2 Å². The Balaban J connectivity index is 1.38. The largest absolute Gasteiger partial charge is 0.366 e. The number of hydrogen-bond acceptors (Lipinski definition) is 5. The molecule has 2 aromatic heterocycles. The summed E-state index contributed by atoms with van der Waals surface area (Å²) in [4.78, 5) is 23.0. The van der Waals surface area contributed by atoms with Crippen molar-refractivity contribution in [3.63, 3.8) is 0 Å². The maximum absolute atomic E-state index is 12.5. The molecular formula is C17H20N4OS. The lowest BCUT2D eigenvalue weighted by molar-refractivity contribution is -0.129. The average molecular weight is 328 g/mol. The summed E-state index contributed by atoms with van der Waals surface area (Å²) < 4.78 is 0. The van der Waals surface area contributed by atoms with Gasteiger partial charge < -0.3 is 10.2 Å². The molecule has 1 aliphatic heterocycles. The van der Waals surface area contributed by atoms with E-state index in [0.717, 1.165) is 30.9 Å². The molecule has 2 fully saturated rings. The van der Waals surface area contributed by atoms with Crippen LogP contribution >= 0.6 is 11.3 Å². The molecule has 1 aliphatic carbocycles. The lowest BCUT2D eigenvalue weighted by Gasteiger charge is -2.22. The molecule has 1 amide bonds. The zero-order valence-electron chi connectivity index (χ0n) is 12.9. The van der Waals surface area contributed by atoms with Crippen LogP contribution in [0.1, 0.15) is 18.4 Å². The molecule has 2 aromatic rings. The molecule has 3 atom stereocenters. The highest BCUT2D eigenvalue weighted by Crippen LogP contribution is 2.39. The van der Waals surface area contributed by atoms with Gasteiger partial charge in [-0.25, -0.2) is 4.98 Å². The number of likely N-dealkylation sites (tertiary alicyclic amines) is 1. The molecule has 0 bridgehead atoms. The van der Waals surface area contributed by atoms with Crippen molar-refractivity contribution in [2.75, 3.05) is 18.4 Å². The maximum Gasteiger partial charge on any atom is 0.227 e. The highest BCUT2D eigenvalue weighted by atomic mass is 32.1. The number of rotatable bonds is 4. The number of nitrogens with one attached hydrogen (secondary N) is 1. The summed E-state index contributed by atoms with van der Waals surface area (Å²) >= 11 is 1.65. The Bertz CT molecular complexity index is 660. The quantitative estimate of drug-likeness (QED) is 0.936. The van der Waals surface area contributed by atoms with E-state index in [-0.39, 0.29) is 5.91 Å². The van der Waals surface area contributed by atoms with Crippen molar-refractivity contribution < 1.29 is 4.79 Å². The van der Waals surface area contributed by atoms with Crippen LogP contribution in [-0.4, -0.2) is 39.9 Å². The van der Waals surface area contributed by atoms with Crippen molar-refractivity contribution in [1.82, 2.24) is 14.9 Å². The minimum Gasteiger partial charge on any atom is -0.366 e. The van der Waals surface area contributed by atoms with E-state index >= 15 is 0 Å². The van der Waals surface area contributed by atoms with Crippen LogP contribution in [0.15, 0.2) is 35.4 Å². The molecule has 5 nitrogen and oxygen atoms in total. The van der Waals surface area contributed by atoms with Crippen molar-refractivity contribution in [1.29, 1.82) is 0 Å². The Hall–Kier alpha value is -1.95. The highest BCUT2D eigenvalue weighted by Gasteiger charge is 2.43. The van der Waals surface area contributed by atoms with E-state index in [1.165, 1.54) is 6.42 Å². The van der Waals surface area contributed by atoms with E-state index in [1.807, 2.05) is 11.4 Å². The summed E-state index contributed by atoms with van der Waals surface area (Å²) in [6, 6.07) is 2.44. The van der Waals surface area contributed by atoms with Crippen molar-refractivity contribution in [3.05, 3.63) is 41.0 Å². The molecule has 0 unspecified atom stereocenters. The molecule has 0 radical (unpaired) electrons.